The van der Waals surface area contributed by atoms with Gasteiger partial charge in [-0.1, -0.05) is 12.1 Å². The lowest BCUT2D eigenvalue weighted by atomic mass is 10.0. The Hall–Kier alpha value is -3.69. The van der Waals surface area contributed by atoms with E-state index in [9.17, 15) is 4.79 Å². The van der Waals surface area contributed by atoms with E-state index in [0.717, 1.165) is 22.4 Å². The summed E-state index contributed by atoms with van der Waals surface area (Å²) >= 11 is 0. The van der Waals surface area contributed by atoms with Crippen LogP contribution in [0.2, 0.25) is 0 Å². The minimum Gasteiger partial charge on any atom is -0.478 e. The molecule has 0 aliphatic carbocycles. The third kappa shape index (κ3) is 4.11. The van der Waals surface area contributed by atoms with Gasteiger partial charge in [-0.2, -0.15) is 0 Å². The number of rotatable bonds is 6. The molecule has 3 N–H and O–H groups in total. The van der Waals surface area contributed by atoms with Crippen LogP contribution in [0.1, 0.15) is 15.9 Å². The lowest BCUT2D eigenvalue weighted by molar-refractivity contribution is 0.0511. The molecule has 0 atom stereocenters. The second-order valence-corrected chi connectivity index (χ2v) is 5.69. The van der Waals surface area contributed by atoms with Gasteiger partial charge >= 0.3 is 5.97 Å². The topological polar surface area (TPSA) is 86.7 Å². The lowest BCUT2D eigenvalue weighted by Gasteiger charge is -2.07. The van der Waals surface area contributed by atoms with E-state index in [1.54, 1.807) is 31.4 Å². The van der Waals surface area contributed by atoms with E-state index in [1.165, 1.54) is 0 Å². The van der Waals surface area contributed by atoms with E-state index in [2.05, 4.69) is 12.0 Å². The average molecular weight is 362 g/mol. The summed E-state index contributed by atoms with van der Waals surface area (Å²) in [6, 6.07) is 16.6. The quantitative estimate of drug-likeness (QED) is 0.400. The molecule has 0 unspecified atom stereocenters. The fraction of sp³-hybridized carbons (Fsp3) is 0.0952. The Kier molecular flexibility index (Phi) is 5.45. The molecule has 1 heterocycles. The van der Waals surface area contributed by atoms with Gasteiger partial charge in [0.15, 0.2) is 6.79 Å². The molecular formula is C21H18N2O4. The highest BCUT2D eigenvalue weighted by atomic mass is 16.7. The van der Waals surface area contributed by atoms with E-state index < -0.39 is 5.97 Å². The van der Waals surface area contributed by atoms with Crippen molar-refractivity contribution < 1.29 is 19.4 Å². The van der Waals surface area contributed by atoms with Crippen molar-refractivity contribution in [2.75, 3.05) is 13.9 Å². The fourth-order valence-corrected chi connectivity index (χ4v) is 2.67. The number of aromatic carboxylic acids is 1. The van der Waals surface area contributed by atoms with Crippen molar-refractivity contribution in [3.05, 3.63) is 72.1 Å². The van der Waals surface area contributed by atoms with Gasteiger partial charge in [-0.25, -0.2) is 4.79 Å². The zero-order valence-corrected chi connectivity index (χ0v) is 14.7. The Balaban J connectivity index is 2.00. The summed E-state index contributed by atoms with van der Waals surface area (Å²) in [5.74, 6) is 2.62. The summed E-state index contributed by atoms with van der Waals surface area (Å²) in [7, 11) is 1.56. The molecule has 3 rings (SSSR count). The first-order valence-corrected chi connectivity index (χ1v) is 8.12. The van der Waals surface area contributed by atoms with Gasteiger partial charge in [0.2, 0.25) is 0 Å². The minimum absolute atomic E-state index is 0.163. The molecule has 1 aromatic heterocycles. The molecule has 0 fully saturated rings. The van der Waals surface area contributed by atoms with Crippen LogP contribution in [0.25, 0.3) is 16.8 Å². The number of methoxy groups -OCH3 is 1. The van der Waals surface area contributed by atoms with Gasteiger partial charge in [0.25, 0.3) is 0 Å². The van der Waals surface area contributed by atoms with Crippen LogP contribution < -0.4 is 10.5 Å². The zero-order valence-electron chi connectivity index (χ0n) is 14.7. The number of carbonyl (C=O) groups is 1. The van der Waals surface area contributed by atoms with Crippen molar-refractivity contribution in [1.29, 1.82) is 0 Å². The van der Waals surface area contributed by atoms with Crippen LogP contribution in [0.3, 0.4) is 0 Å². The van der Waals surface area contributed by atoms with E-state index in [-0.39, 0.29) is 12.4 Å². The van der Waals surface area contributed by atoms with Gasteiger partial charge in [0, 0.05) is 36.8 Å². The summed E-state index contributed by atoms with van der Waals surface area (Å²) in [6.45, 7) is 0.163. The first kappa shape index (κ1) is 18.1. The normalized spacial score (nSPS) is 10.1. The van der Waals surface area contributed by atoms with Crippen LogP contribution in [-0.4, -0.2) is 29.5 Å². The molecule has 0 saturated carbocycles. The van der Waals surface area contributed by atoms with E-state index in [1.807, 2.05) is 41.2 Å². The van der Waals surface area contributed by atoms with Crippen LogP contribution in [0.15, 0.2) is 60.9 Å². The van der Waals surface area contributed by atoms with Gasteiger partial charge in [0.05, 0.1) is 11.1 Å². The maximum Gasteiger partial charge on any atom is 0.335 e. The third-order valence-corrected chi connectivity index (χ3v) is 3.93. The average Bonchev–Trinajstić information content (AvgIpc) is 3.11. The molecule has 0 spiro atoms. The number of carboxylic acid groups (broad SMARTS) is 1. The number of carboxylic acids is 1. The highest BCUT2D eigenvalue weighted by molar-refractivity contribution is 5.87. The first-order chi connectivity index (χ1) is 13.1. The van der Waals surface area contributed by atoms with Crippen molar-refractivity contribution in [3.63, 3.8) is 0 Å². The maximum absolute atomic E-state index is 11.0. The Morgan fingerprint density at radius 2 is 1.96 bits per heavy atom. The number of aromatic nitrogens is 1. The molecule has 6 heteroatoms. The molecule has 0 radical (unpaired) electrons. The van der Waals surface area contributed by atoms with Crippen molar-refractivity contribution in [2.45, 2.75) is 0 Å². The second-order valence-electron chi connectivity index (χ2n) is 5.69. The van der Waals surface area contributed by atoms with Crippen LogP contribution in [0, 0.1) is 12.0 Å². The van der Waals surface area contributed by atoms with Gasteiger partial charge in [-0.3, -0.25) is 0 Å². The molecule has 6 nitrogen and oxygen atoms in total. The zero-order chi connectivity index (χ0) is 19.2. The van der Waals surface area contributed by atoms with Crippen LogP contribution in [0.5, 0.6) is 5.75 Å². The largest absolute Gasteiger partial charge is 0.478 e. The Morgan fingerprint density at radius 1 is 1.19 bits per heavy atom. The predicted molar refractivity (Wildman–Crippen MR) is 102 cm³/mol. The predicted octanol–water partition coefficient (Wildman–Crippen LogP) is 3.09. The van der Waals surface area contributed by atoms with E-state index in [4.69, 9.17) is 20.3 Å². The molecule has 27 heavy (non-hydrogen) atoms. The summed E-state index contributed by atoms with van der Waals surface area (Å²) in [5, 5.41) is 9.04. The molecule has 3 aromatic rings. The molecule has 0 aliphatic heterocycles. The van der Waals surface area contributed by atoms with Crippen LogP contribution in [0.4, 0.5) is 0 Å². The molecule has 2 aromatic carbocycles. The number of hydrogen-bond donors (Lipinski definition) is 2. The number of benzene rings is 2. The molecule has 0 bridgehead atoms. The van der Waals surface area contributed by atoms with Gasteiger partial charge in [-0.05, 0) is 47.9 Å². The third-order valence-electron chi connectivity index (χ3n) is 3.93. The molecule has 136 valence electrons. The minimum atomic E-state index is -0.961. The van der Waals surface area contributed by atoms with E-state index in [0.29, 0.717) is 5.75 Å². The van der Waals surface area contributed by atoms with E-state index >= 15 is 0 Å². The Morgan fingerprint density at radius 3 is 2.63 bits per heavy atom. The van der Waals surface area contributed by atoms with Gasteiger partial charge in [0.1, 0.15) is 5.75 Å². The van der Waals surface area contributed by atoms with Crippen molar-refractivity contribution in [2.24, 2.45) is 5.73 Å². The Labute approximate surface area is 156 Å². The number of hydrogen-bond acceptors (Lipinski definition) is 4. The maximum atomic E-state index is 11.0. The molecular weight excluding hydrogens is 344 g/mol. The Bertz CT molecular complexity index is 1010. The molecule has 0 amide bonds. The summed E-state index contributed by atoms with van der Waals surface area (Å²) in [4.78, 5) is 11.0. The SMILES string of the molecule is COCOc1cccc(-c2cn(-c3ccc(C(=O)O)cc3)cc2C#CN)c1. The first-order valence-electron chi connectivity index (χ1n) is 8.12. The number of nitrogens with two attached hydrogens (primary N) is 1. The van der Waals surface area contributed by atoms with Gasteiger partial charge < -0.3 is 24.9 Å². The van der Waals surface area contributed by atoms with Crippen LogP contribution >= 0.6 is 0 Å². The van der Waals surface area contributed by atoms with Crippen molar-refractivity contribution >= 4 is 5.97 Å². The number of nitrogens with zero attached hydrogens (tertiary/aromatic N) is 1. The fourth-order valence-electron chi connectivity index (χ4n) is 2.67. The summed E-state index contributed by atoms with van der Waals surface area (Å²) in [6.07, 6.45) is 3.78. The second kappa shape index (κ2) is 8.13. The van der Waals surface area contributed by atoms with Crippen molar-refractivity contribution in [1.82, 2.24) is 4.57 Å². The standard InChI is InChI=1S/C21H18N2O4/c1-26-14-27-19-4-2-3-16(11-19)20-13-23(12-17(20)9-10-22)18-7-5-15(6-8-18)21(24)25/h2-8,11-13H,14,22H2,1H3,(H,24,25). The van der Waals surface area contributed by atoms with Gasteiger partial charge in [-0.15, -0.1) is 0 Å². The smallest absolute Gasteiger partial charge is 0.335 e. The monoisotopic (exact) mass is 362 g/mol. The highest BCUT2D eigenvalue weighted by Gasteiger charge is 2.11. The molecule has 0 saturated heterocycles. The molecule has 0 aliphatic rings. The lowest BCUT2D eigenvalue weighted by Crippen LogP contribution is -1.98. The summed E-state index contributed by atoms with van der Waals surface area (Å²) < 4.78 is 12.3. The number of ether oxygens (including phenoxy) is 2. The van der Waals surface area contributed by atoms with Crippen LogP contribution in [-0.2, 0) is 4.74 Å². The highest BCUT2D eigenvalue weighted by Crippen LogP contribution is 2.29. The summed E-state index contributed by atoms with van der Waals surface area (Å²) in [5.41, 5.74) is 9.04. The van der Waals surface area contributed by atoms with Crippen molar-refractivity contribution in [3.8, 4) is 34.5 Å².